The number of carbonyl (C=O) groups excluding carboxylic acids is 2. The summed E-state index contributed by atoms with van der Waals surface area (Å²) in [7, 11) is 1.63. The van der Waals surface area contributed by atoms with Crippen LogP contribution < -0.4 is 15.8 Å². The molecule has 5 aromatic rings. The summed E-state index contributed by atoms with van der Waals surface area (Å²) in [6, 6.07) is 9.01. The Hall–Kier alpha value is -4.72. The van der Waals surface area contributed by atoms with Crippen LogP contribution in [0.25, 0.3) is 21.3 Å². The number of fused-ring (bicyclic) bond motifs is 1. The summed E-state index contributed by atoms with van der Waals surface area (Å²) in [5.41, 5.74) is 5.22. The summed E-state index contributed by atoms with van der Waals surface area (Å²) in [6.45, 7) is 1.60. The van der Waals surface area contributed by atoms with Gasteiger partial charge in [0.1, 0.15) is 39.3 Å². The number of primary amides is 1. The molecule has 0 unspecified atom stereocenters. The zero-order valence-corrected chi connectivity index (χ0v) is 21.6. The van der Waals surface area contributed by atoms with Crippen LogP contribution in [0.15, 0.2) is 53.1 Å². The van der Waals surface area contributed by atoms with Gasteiger partial charge in [-0.2, -0.15) is 18.3 Å². The second kappa shape index (κ2) is 10.1. The van der Waals surface area contributed by atoms with E-state index in [1.165, 1.54) is 47.3 Å². The molecule has 4 heterocycles. The molecule has 0 saturated heterocycles. The van der Waals surface area contributed by atoms with Crippen LogP contribution in [0.5, 0.6) is 5.75 Å². The third-order valence-electron chi connectivity index (χ3n) is 6.02. The Bertz CT molecular complexity index is 1760. The third kappa shape index (κ3) is 5.12. The number of furan rings is 1. The van der Waals surface area contributed by atoms with Crippen molar-refractivity contribution < 1.29 is 36.3 Å². The Labute approximate surface area is 227 Å². The van der Waals surface area contributed by atoms with Gasteiger partial charge in [-0.3, -0.25) is 14.3 Å². The molecule has 1 aromatic carbocycles. The molecule has 0 radical (unpaired) electrons. The van der Waals surface area contributed by atoms with Crippen LogP contribution in [0, 0.1) is 12.7 Å². The maximum Gasteiger partial charge on any atom is 0.433 e. The van der Waals surface area contributed by atoms with Gasteiger partial charge in [0.05, 0.1) is 11.9 Å². The quantitative estimate of drug-likeness (QED) is 0.241. The van der Waals surface area contributed by atoms with E-state index in [4.69, 9.17) is 14.9 Å². The third-order valence-corrected chi connectivity index (χ3v) is 7.12. The van der Waals surface area contributed by atoms with E-state index in [1.54, 1.807) is 14.0 Å². The summed E-state index contributed by atoms with van der Waals surface area (Å²) in [5.74, 6) is -1.69. The van der Waals surface area contributed by atoms with E-state index in [-0.39, 0.29) is 44.5 Å². The van der Waals surface area contributed by atoms with Crippen molar-refractivity contribution in [3.8, 4) is 16.9 Å². The number of aromatic nitrogens is 3. The van der Waals surface area contributed by atoms with E-state index >= 15 is 0 Å². The predicted molar refractivity (Wildman–Crippen MR) is 137 cm³/mol. The lowest BCUT2D eigenvalue weighted by Crippen LogP contribution is -2.16. The Morgan fingerprint density at radius 3 is 2.50 bits per heavy atom. The number of rotatable bonds is 7. The zero-order valence-electron chi connectivity index (χ0n) is 20.8. The highest BCUT2D eigenvalue weighted by Crippen LogP contribution is 2.44. The fourth-order valence-corrected chi connectivity index (χ4v) is 4.96. The first-order chi connectivity index (χ1) is 18.9. The van der Waals surface area contributed by atoms with E-state index in [0.29, 0.717) is 28.3 Å². The summed E-state index contributed by atoms with van der Waals surface area (Å²) in [5, 5.41) is 6.78. The van der Waals surface area contributed by atoms with Gasteiger partial charge in [-0.25, -0.2) is 9.37 Å². The molecule has 9 nitrogen and oxygen atoms in total. The molecule has 0 bridgehead atoms. The van der Waals surface area contributed by atoms with Gasteiger partial charge in [-0.05, 0) is 55.0 Å². The van der Waals surface area contributed by atoms with Crippen molar-refractivity contribution in [1.29, 1.82) is 0 Å². The number of benzene rings is 1. The van der Waals surface area contributed by atoms with Gasteiger partial charge in [0.15, 0.2) is 5.76 Å². The molecule has 40 heavy (non-hydrogen) atoms. The molecule has 0 fully saturated rings. The lowest BCUT2D eigenvalue weighted by atomic mass is 10.0. The minimum atomic E-state index is -4.78. The number of pyridine rings is 1. The van der Waals surface area contributed by atoms with Gasteiger partial charge in [-0.15, -0.1) is 11.3 Å². The number of hydrogen-bond acceptors (Lipinski definition) is 7. The molecule has 3 N–H and O–H groups in total. The van der Waals surface area contributed by atoms with Gasteiger partial charge >= 0.3 is 6.18 Å². The molecular formula is C26H19F4N5O4S. The SMILES string of the molecule is Cc1c(-c2cc(C(F)(F)F)nc3sc(C(N)=O)c(NC(=O)c4ccc(COc5ccc(F)cc5)o4)c23)cnn1C. The van der Waals surface area contributed by atoms with Crippen molar-refractivity contribution in [2.24, 2.45) is 12.8 Å². The number of alkyl halides is 3. The van der Waals surface area contributed by atoms with Crippen molar-refractivity contribution >= 4 is 39.1 Å². The molecule has 206 valence electrons. The summed E-state index contributed by atoms with van der Waals surface area (Å²) in [4.78, 5) is 28.8. The first kappa shape index (κ1) is 26.9. The number of nitrogens with zero attached hydrogens (tertiary/aromatic N) is 3. The Kier molecular flexibility index (Phi) is 6.79. The number of amides is 2. The first-order valence-corrected chi connectivity index (χ1v) is 12.4. The maximum absolute atomic E-state index is 13.7. The molecule has 0 spiro atoms. The van der Waals surface area contributed by atoms with E-state index in [0.717, 1.165) is 6.07 Å². The van der Waals surface area contributed by atoms with E-state index < -0.39 is 29.5 Å². The molecule has 5 rings (SSSR count). The lowest BCUT2D eigenvalue weighted by molar-refractivity contribution is -0.140. The summed E-state index contributed by atoms with van der Waals surface area (Å²) < 4.78 is 66.8. The van der Waals surface area contributed by atoms with E-state index in [1.807, 2.05) is 0 Å². The number of halogens is 4. The van der Waals surface area contributed by atoms with Gasteiger partial charge in [-0.1, -0.05) is 0 Å². The van der Waals surface area contributed by atoms with Gasteiger partial charge < -0.3 is 20.2 Å². The Balaban J connectivity index is 1.53. The number of hydrogen-bond donors (Lipinski definition) is 2. The van der Waals surface area contributed by atoms with Crippen LogP contribution in [0.4, 0.5) is 23.2 Å². The van der Waals surface area contributed by atoms with Crippen LogP contribution >= 0.6 is 11.3 Å². The molecule has 14 heteroatoms. The molecule has 4 aromatic heterocycles. The average molecular weight is 574 g/mol. The number of carbonyl (C=O) groups is 2. The number of ether oxygens (including phenoxy) is 1. The van der Waals surface area contributed by atoms with Crippen LogP contribution in [-0.4, -0.2) is 26.6 Å². The second-order valence-corrected chi connectivity index (χ2v) is 9.63. The molecule has 0 saturated carbocycles. The number of thiophene rings is 1. The number of nitrogens with one attached hydrogen (secondary N) is 1. The molecule has 0 aliphatic carbocycles. The highest BCUT2D eigenvalue weighted by atomic mass is 32.1. The fourth-order valence-electron chi connectivity index (χ4n) is 3.95. The minimum absolute atomic E-state index is 0.0646. The standard InChI is InChI=1S/C26H19F4N5O4S/c1-12-17(10-32-35(12)2)16-9-19(26(28,29)30)33-25-20(16)21(22(40-25)23(31)36)34-24(37)18-8-7-15(39-18)11-38-14-5-3-13(27)4-6-14/h3-10H,11H2,1-2H3,(H2,31,36)(H,34,37). The number of anilines is 1. The zero-order chi connectivity index (χ0) is 28.8. The molecule has 2 amide bonds. The second-order valence-electron chi connectivity index (χ2n) is 8.63. The van der Waals surface area contributed by atoms with E-state index in [9.17, 15) is 27.2 Å². The lowest BCUT2D eigenvalue weighted by Gasteiger charge is -2.12. The summed E-state index contributed by atoms with van der Waals surface area (Å²) in [6.07, 6.45) is -3.39. The van der Waals surface area contributed by atoms with Crippen molar-refractivity contribution in [2.75, 3.05) is 5.32 Å². The molecule has 0 aliphatic heterocycles. The Morgan fingerprint density at radius 1 is 1.15 bits per heavy atom. The fraction of sp³-hybridized carbons (Fsp3) is 0.154. The average Bonchev–Trinajstić information content (AvgIpc) is 3.61. The number of aryl methyl sites for hydroxylation is 1. The minimum Gasteiger partial charge on any atom is -0.486 e. The van der Waals surface area contributed by atoms with Crippen LogP contribution in [0.3, 0.4) is 0 Å². The smallest absolute Gasteiger partial charge is 0.433 e. The van der Waals surface area contributed by atoms with Gasteiger partial charge in [0, 0.05) is 23.7 Å². The van der Waals surface area contributed by atoms with Crippen LogP contribution in [0.2, 0.25) is 0 Å². The largest absolute Gasteiger partial charge is 0.486 e. The van der Waals surface area contributed by atoms with Gasteiger partial charge in [0.25, 0.3) is 11.8 Å². The van der Waals surface area contributed by atoms with Crippen molar-refractivity contribution in [1.82, 2.24) is 14.8 Å². The van der Waals surface area contributed by atoms with Crippen molar-refractivity contribution in [2.45, 2.75) is 19.7 Å². The number of nitrogens with two attached hydrogens (primary N) is 1. The molecule has 0 aliphatic rings. The normalized spacial score (nSPS) is 11.7. The van der Waals surface area contributed by atoms with Crippen LogP contribution in [-0.2, 0) is 19.8 Å². The first-order valence-electron chi connectivity index (χ1n) is 11.5. The van der Waals surface area contributed by atoms with E-state index in [2.05, 4.69) is 15.4 Å². The molecule has 0 atom stereocenters. The van der Waals surface area contributed by atoms with Gasteiger partial charge in [0.2, 0.25) is 0 Å². The van der Waals surface area contributed by atoms with Crippen LogP contribution in [0.1, 0.15) is 37.4 Å². The molecular weight excluding hydrogens is 554 g/mol. The Morgan fingerprint density at radius 2 is 1.88 bits per heavy atom. The maximum atomic E-state index is 13.7. The summed E-state index contributed by atoms with van der Waals surface area (Å²) >= 11 is 0.628. The van der Waals surface area contributed by atoms with Crippen molar-refractivity contribution in [3.05, 3.63) is 82.3 Å². The highest BCUT2D eigenvalue weighted by molar-refractivity contribution is 7.21. The van der Waals surface area contributed by atoms with Crippen molar-refractivity contribution in [3.63, 3.8) is 0 Å². The monoisotopic (exact) mass is 573 g/mol. The topological polar surface area (TPSA) is 125 Å². The predicted octanol–water partition coefficient (Wildman–Crippen LogP) is 5.69. The highest BCUT2D eigenvalue weighted by Gasteiger charge is 2.35.